The van der Waals surface area contributed by atoms with E-state index in [1.165, 1.54) is 25.0 Å². The predicted molar refractivity (Wildman–Crippen MR) is 232 cm³/mol. The molecule has 0 unspecified atom stereocenters. The van der Waals surface area contributed by atoms with E-state index in [1.807, 2.05) is 94.4 Å². The molecule has 2 saturated heterocycles. The van der Waals surface area contributed by atoms with Gasteiger partial charge in [-0.1, -0.05) is 97.3 Å². The molecule has 11 nitrogen and oxygen atoms in total. The zero-order valence-corrected chi connectivity index (χ0v) is 36.0. The standard InChI is InChI=1S/C48H60N4O7S/c1-32-14-25-40(26-15-32)60(56,57)51-41(28-33-10-6-5-7-11-33)45(54)49-38-23-20-37(21-24-38)47-58-39(29-44(59-47)36-18-16-34(31-53)17-19-36)30-52-42-13-9-8-12-35(42)22-27-43(52)46(55)50-48(2,3)4/h5-7,10-11,14-21,23-26,35,39,41-44,47,51,53H,8-9,12-13,22,27-31H2,1-4H3,(H,49,54)(H,50,55)/t35-,39-,41-,42-,43-,44+,47+/m1/s1. The van der Waals surface area contributed by atoms with E-state index in [1.54, 1.807) is 24.3 Å². The van der Waals surface area contributed by atoms with Crippen molar-refractivity contribution in [3.8, 4) is 0 Å². The highest BCUT2D eigenvalue weighted by Gasteiger charge is 2.44. The normalized spacial score (nSPS) is 24.2. The van der Waals surface area contributed by atoms with Crippen molar-refractivity contribution < 1.29 is 32.6 Å². The van der Waals surface area contributed by atoms with E-state index < -0.39 is 28.3 Å². The maximum atomic E-state index is 13.9. The first-order valence-corrected chi connectivity index (χ1v) is 22.8. The second-order valence-corrected chi connectivity index (χ2v) is 19.5. The molecule has 0 bridgehead atoms. The zero-order valence-electron chi connectivity index (χ0n) is 35.2. The van der Waals surface area contributed by atoms with Gasteiger partial charge < -0.3 is 25.2 Å². The Kier molecular flexibility index (Phi) is 13.9. The van der Waals surface area contributed by atoms with Gasteiger partial charge in [-0.05, 0) is 107 Å². The molecular weight excluding hydrogens is 777 g/mol. The zero-order chi connectivity index (χ0) is 42.4. The van der Waals surface area contributed by atoms with Crippen LogP contribution in [-0.4, -0.2) is 66.6 Å². The number of sulfonamides is 1. The molecule has 2 amide bonds. The van der Waals surface area contributed by atoms with Gasteiger partial charge in [-0.25, -0.2) is 8.42 Å². The maximum Gasteiger partial charge on any atom is 0.242 e. The molecule has 2 heterocycles. The number of carbonyl (C=O) groups excluding carboxylic acids is 2. The minimum Gasteiger partial charge on any atom is -0.392 e. The Morgan fingerprint density at radius 2 is 1.50 bits per heavy atom. The molecule has 60 heavy (non-hydrogen) atoms. The molecule has 4 aromatic rings. The number of benzene rings is 4. The van der Waals surface area contributed by atoms with Crippen LogP contribution in [0.25, 0.3) is 0 Å². The van der Waals surface area contributed by atoms with E-state index >= 15 is 0 Å². The fourth-order valence-corrected chi connectivity index (χ4v) is 10.2. The van der Waals surface area contributed by atoms with E-state index in [0.29, 0.717) is 30.6 Å². The van der Waals surface area contributed by atoms with E-state index in [0.717, 1.165) is 53.5 Å². The summed E-state index contributed by atoms with van der Waals surface area (Å²) in [7, 11) is -4.01. The molecule has 0 aromatic heterocycles. The first kappa shape index (κ1) is 43.7. The van der Waals surface area contributed by atoms with Crippen LogP contribution >= 0.6 is 0 Å². The minimum absolute atomic E-state index is 0.0514. The summed E-state index contributed by atoms with van der Waals surface area (Å²) in [5.41, 5.74) is 4.43. The molecular formula is C48H60N4O7S. The molecule has 4 N–H and O–H groups in total. The van der Waals surface area contributed by atoms with Crippen molar-refractivity contribution in [2.45, 2.75) is 133 Å². The quantitative estimate of drug-likeness (QED) is 0.108. The average molecular weight is 837 g/mol. The molecule has 12 heteroatoms. The molecule has 3 aliphatic rings. The Bertz CT molecular complexity index is 2160. The third-order valence-electron chi connectivity index (χ3n) is 12.0. The largest absolute Gasteiger partial charge is 0.392 e. The Morgan fingerprint density at radius 3 is 2.18 bits per heavy atom. The number of nitrogens with one attached hydrogen (secondary N) is 3. The van der Waals surface area contributed by atoms with Crippen molar-refractivity contribution >= 4 is 27.5 Å². The lowest BCUT2D eigenvalue weighted by Crippen LogP contribution is -2.61. The molecule has 7 atom stereocenters. The van der Waals surface area contributed by atoms with Gasteiger partial charge in [0, 0.05) is 35.8 Å². The Morgan fingerprint density at radius 1 is 0.817 bits per heavy atom. The number of hydrogen-bond acceptors (Lipinski definition) is 8. The van der Waals surface area contributed by atoms with Gasteiger partial charge >= 0.3 is 0 Å². The second-order valence-electron chi connectivity index (χ2n) is 17.8. The number of aliphatic hydroxyl groups is 1. The first-order chi connectivity index (χ1) is 28.7. The number of rotatable bonds is 13. The van der Waals surface area contributed by atoms with Crippen molar-refractivity contribution in [1.82, 2.24) is 14.9 Å². The molecule has 2 aliphatic heterocycles. The second kappa shape index (κ2) is 19.1. The van der Waals surface area contributed by atoms with Crippen LogP contribution in [0.3, 0.4) is 0 Å². The van der Waals surface area contributed by atoms with Crippen molar-refractivity contribution in [1.29, 1.82) is 0 Å². The monoisotopic (exact) mass is 836 g/mol. The van der Waals surface area contributed by atoms with Gasteiger partial charge in [0.1, 0.15) is 6.04 Å². The van der Waals surface area contributed by atoms with Crippen LogP contribution in [0.2, 0.25) is 0 Å². The average Bonchev–Trinajstić information content (AvgIpc) is 3.23. The highest BCUT2D eigenvalue weighted by Crippen LogP contribution is 2.42. The van der Waals surface area contributed by atoms with Crippen LogP contribution < -0.4 is 15.4 Å². The smallest absolute Gasteiger partial charge is 0.242 e. The van der Waals surface area contributed by atoms with Gasteiger partial charge in [-0.2, -0.15) is 4.72 Å². The first-order valence-electron chi connectivity index (χ1n) is 21.4. The van der Waals surface area contributed by atoms with Gasteiger partial charge in [0.15, 0.2) is 6.29 Å². The number of carbonyl (C=O) groups is 2. The van der Waals surface area contributed by atoms with E-state index in [2.05, 4.69) is 20.3 Å². The van der Waals surface area contributed by atoms with Crippen LogP contribution in [-0.2, 0) is 42.1 Å². The Labute approximate surface area is 355 Å². The molecule has 0 radical (unpaired) electrons. The van der Waals surface area contributed by atoms with Crippen molar-refractivity contribution in [3.05, 3.63) is 131 Å². The van der Waals surface area contributed by atoms with Gasteiger partial charge in [-0.3, -0.25) is 14.5 Å². The number of likely N-dealkylation sites (tertiary alicyclic amines) is 1. The molecule has 3 fully saturated rings. The molecule has 320 valence electrons. The third-order valence-corrected chi connectivity index (χ3v) is 13.5. The topological polar surface area (TPSA) is 146 Å². The van der Waals surface area contributed by atoms with Gasteiger partial charge in [0.05, 0.1) is 29.8 Å². The third kappa shape index (κ3) is 11.1. The van der Waals surface area contributed by atoms with Crippen molar-refractivity contribution in [2.75, 3.05) is 11.9 Å². The predicted octanol–water partition coefficient (Wildman–Crippen LogP) is 7.50. The Hall–Kier alpha value is -4.43. The number of amides is 2. The fourth-order valence-electron chi connectivity index (χ4n) is 8.96. The SMILES string of the molecule is Cc1ccc(S(=O)(=O)N[C@H](Cc2ccccc2)C(=O)Nc2ccc([C@H]3O[C@@H](CN4[C@@H](C(=O)NC(C)(C)C)CC[C@H]5CCCC[C@H]54)C[C@@H](c4ccc(CO)cc4)O3)cc2)cc1. The van der Waals surface area contributed by atoms with Gasteiger partial charge in [-0.15, -0.1) is 0 Å². The summed E-state index contributed by atoms with van der Waals surface area (Å²) in [4.78, 5) is 30.2. The number of piperidine rings is 1. The number of anilines is 1. The maximum absolute atomic E-state index is 13.9. The minimum atomic E-state index is -4.01. The lowest BCUT2D eigenvalue weighted by atomic mass is 9.75. The number of hydrogen-bond donors (Lipinski definition) is 4. The molecule has 4 aromatic carbocycles. The number of aliphatic hydroxyl groups excluding tert-OH is 1. The van der Waals surface area contributed by atoms with Crippen LogP contribution in [0.1, 0.15) is 106 Å². The summed E-state index contributed by atoms with van der Waals surface area (Å²) < 4.78 is 43.0. The van der Waals surface area contributed by atoms with Gasteiger partial charge in [0.25, 0.3) is 0 Å². The molecule has 0 spiro atoms. The Balaban J connectivity index is 1.11. The number of nitrogens with zero attached hydrogens (tertiary/aromatic N) is 1. The van der Waals surface area contributed by atoms with E-state index in [9.17, 15) is 23.1 Å². The van der Waals surface area contributed by atoms with Crippen LogP contribution in [0.5, 0.6) is 0 Å². The number of fused-ring (bicyclic) bond motifs is 1. The molecule has 7 rings (SSSR count). The summed E-state index contributed by atoms with van der Waals surface area (Å²) in [5, 5.41) is 15.9. The van der Waals surface area contributed by atoms with E-state index in [-0.39, 0.29) is 47.6 Å². The van der Waals surface area contributed by atoms with Crippen molar-refractivity contribution in [2.24, 2.45) is 5.92 Å². The lowest BCUT2D eigenvalue weighted by Gasteiger charge is -2.50. The summed E-state index contributed by atoms with van der Waals surface area (Å²) in [6.45, 7) is 8.48. The lowest BCUT2D eigenvalue weighted by molar-refractivity contribution is -0.255. The highest BCUT2D eigenvalue weighted by atomic mass is 32.2. The molecule has 1 saturated carbocycles. The summed E-state index contributed by atoms with van der Waals surface area (Å²) >= 11 is 0. The molecule has 1 aliphatic carbocycles. The fraction of sp³-hybridized carbons (Fsp3) is 0.458. The summed E-state index contributed by atoms with van der Waals surface area (Å²) in [6.07, 6.45) is 5.92. The van der Waals surface area contributed by atoms with Crippen LogP contribution in [0.4, 0.5) is 5.69 Å². The van der Waals surface area contributed by atoms with Crippen molar-refractivity contribution in [3.63, 3.8) is 0 Å². The number of ether oxygens (including phenoxy) is 2. The van der Waals surface area contributed by atoms with E-state index in [4.69, 9.17) is 9.47 Å². The van der Waals surface area contributed by atoms with Gasteiger partial charge in [0.2, 0.25) is 21.8 Å². The van der Waals surface area contributed by atoms with Crippen LogP contribution in [0.15, 0.2) is 108 Å². The summed E-state index contributed by atoms with van der Waals surface area (Å²) in [6, 6.07) is 29.8. The number of aryl methyl sites for hydroxylation is 1. The highest BCUT2D eigenvalue weighted by molar-refractivity contribution is 7.89. The summed E-state index contributed by atoms with van der Waals surface area (Å²) in [5.74, 6) is 0.132. The van der Waals surface area contributed by atoms with Crippen LogP contribution in [0, 0.1) is 12.8 Å².